The molecule has 1 aliphatic carbocycles. The van der Waals surface area contributed by atoms with Crippen molar-refractivity contribution in [1.82, 2.24) is 20.5 Å². The quantitative estimate of drug-likeness (QED) is 0.632. The van der Waals surface area contributed by atoms with E-state index in [9.17, 15) is 4.79 Å². The lowest BCUT2D eigenvalue weighted by molar-refractivity contribution is -0.120. The summed E-state index contributed by atoms with van der Waals surface area (Å²) < 4.78 is 0. The van der Waals surface area contributed by atoms with Crippen LogP contribution in [0.25, 0.3) is 0 Å². The number of hydrogen-bond acceptors (Lipinski definition) is 4. The lowest BCUT2D eigenvalue weighted by Crippen LogP contribution is -2.44. The number of thiazole rings is 1. The van der Waals surface area contributed by atoms with Gasteiger partial charge < -0.3 is 15.5 Å². The van der Waals surface area contributed by atoms with Crippen molar-refractivity contribution in [2.45, 2.75) is 52.1 Å². The van der Waals surface area contributed by atoms with Crippen LogP contribution in [0.4, 0.5) is 0 Å². The molecule has 0 radical (unpaired) electrons. The molecule has 6 nitrogen and oxygen atoms in total. The van der Waals surface area contributed by atoms with Gasteiger partial charge >= 0.3 is 0 Å². The predicted octanol–water partition coefficient (Wildman–Crippen LogP) is 1.55. The van der Waals surface area contributed by atoms with Gasteiger partial charge in [0.15, 0.2) is 5.96 Å². The number of carbonyl (C=O) groups is 1. The minimum Gasteiger partial charge on any atom is -0.352 e. The molecule has 0 atom stereocenters. The molecule has 7 heteroatoms. The summed E-state index contributed by atoms with van der Waals surface area (Å²) in [4.78, 5) is 24.2. The third kappa shape index (κ3) is 5.20. The van der Waals surface area contributed by atoms with Gasteiger partial charge in [-0.2, -0.15) is 0 Å². The van der Waals surface area contributed by atoms with Gasteiger partial charge in [-0.15, -0.1) is 11.3 Å². The number of fused-ring (bicyclic) bond motifs is 1. The standard InChI is InChI=1S/C16H27N5OS/c1-11(2)19-14(22)9-18-16(17-3)21(4)10-15-20-12-7-5-6-8-13(12)23-15/h11H,5-10H2,1-4H3,(H,17,18)(H,19,22). The fourth-order valence-electron chi connectivity index (χ4n) is 2.67. The number of nitrogens with zero attached hydrogens (tertiary/aromatic N) is 3. The van der Waals surface area contributed by atoms with Crippen LogP contribution in [0.3, 0.4) is 0 Å². The zero-order chi connectivity index (χ0) is 16.8. The normalized spacial score (nSPS) is 14.6. The van der Waals surface area contributed by atoms with Gasteiger partial charge in [0.25, 0.3) is 0 Å². The van der Waals surface area contributed by atoms with E-state index in [2.05, 4.69) is 15.6 Å². The van der Waals surface area contributed by atoms with Crippen molar-refractivity contribution >= 4 is 23.2 Å². The number of hydrogen-bond donors (Lipinski definition) is 2. The second-order valence-corrected chi connectivity index (χ2v) is 7.33. The van der Waals surface area contributed by atoms with Crippen LogP contribution in [0.5, 0.6) is 0 Å². The number of amides is 1. The molecule has 0 saturated heterocycles. The van der Waals surface area contributed by atoms with E-state index in [-0.39, 0.29) is 18.5 Å². The van der Waals surface area contributed by atoms with Gasteiger partial charge in [0.1, 0.15) is 5.01 Å². The Morgan fingerprint density at radius 2 is 2.13 bits per heavy atom. The molecule has 23 heavy (non-hydrogen) atoms. The smallest absolute Gasteiger partial charge is 0.239 e. The van der Waals surface area contributed by atoms with Gasteiger partial charge in [0, 0.05) is 25.0 Å². The van der Waals surface area contributed by atoms with E-state index < -0.39 is 0 Å². The summed E-state index contributed by atoms with van der Waals surface area (Å²) in [5.41, 5.74) is 1.28. The summed E-state index contributed by atoms with van der Waals surface area (Å²) in [6, 6.07) is 0.144. The lowest BCUT2D eigenvalue weighted by atomic mass is 10.0. The molecule has 1 aromatic rings. The first-order valence-electron chi connectivity index (χ1n) is 8.18. The molecular formula is C16H27N5OS. The Labute approximate surface area is 142 Å². The molecule has 1 aliphatic rings. The van der Waals surface area contributed by atoms with Crippen molar-refractivity contribution in [3.05, 3.63) is 15.6 Å². The Balaban J connectivity index is 1.88. The molecule has 0 aromatic carbocycles. The molecule has 0 aliphatic heterocycles. The second kappa shape index (κ2) is 8.29. The average molecular weight is 337 g/mol. The van der Waals surface area contributed by atoms with Gasteiger partial charge in [-0.25, -0.2) is 4.98 Å². The van der Waals surface area contributed by atoms with Crippen LogP contribution in [0.1, 0.15) is 42.3 Å². The van der Waals surface area contributed by atoms with Crippen LogP contribution in [-0.4, -0.2) is 48.4 Å². The van der Waals surface area contributed by atoms with E-state index in [0.29, 0.717) is 12.5 Å². The van der Waals surface area contributed by atoms with Crippen molar-refractivity contribution in [2.75, 3.05) is 20.6 Å². The molecule has 1 heterocycles. The van der Waals surface area contributed by atoms with E-state index in [0.717, 1.165) is 11.4 Å². The lowest BCUT2D eigenvalue weighted by Gasteiger charge is -2.21. The fourth-order valence-corrected chi connectivity index (χ4v) is 3.88. The number of rotatable bonds is 5. The van der Waals surface area contributed by atoms with E-state index in [1.807, 2.05) is 37.1 Å². The molecule has 0 spiro atoms. The molecule has 0 unspecified atom stereocenters. The second-order valence-electron chi connectivity index (χ2n) is 6.16. The fraction of sp³-hybridized carbons (Fsp3) is 0.688. The number of aliphatic imine (C=N–C) groups is 1. The van der Waals surface area contributed by atoms with Crippen molar-refractivity contribution < 1.29 is 4.79 Å². The third-order valence-corrected chi connectivity index (χ3v) is 4.83. The number of carbonyl (C=O) groups excluding carboxylic acids is 1. The first kappa shape index (κ1) is 17.7. The Morgan fingerprint density at radius 3 is 2.78 bits per heavy atom. The minimum absolute atomic E-state index is 0.0285. The van der Waals surface area contributed by atoms with E-state index in [1.54, 1.807) is 7.05 Å². The van der Waals surface area contributed by atoms with Gasteiger partial charge in [-0.1, -0.05) is 0 Å². The summed E-state index contributed by atoms with van der Waals surface area (Å²) in [6.45, 7) is 4.83. The average Bonchev–Trinajstić information content (AvgIpc) is 2.89. The molecule has 2 N–H and O–H groups in total. The zero-order valence-electron chi connectivity index (χ0n) is 14.5. The minimum atomic E-state index is -0.0285. The molecule has 2 rings (SSSR count). The topological polar surface area (TPSA) is 69.6 Å². The van der Waals surface area contributed by atoms with Gasteiger partial charge in [-0.05, 0) is 39.5 Å². The first-order valence-corrected chi connectivity index (χ1v) is 9.00. The summed E-state index contributed by atoms with van der Waals surface area (Å²) in [5.74, 6) is 0.677. The summed E-state index contributed by atoms with van der Waals surface area (Å²) >= 11 is 1.81. The Bertz CT molecular complexity index is 543. The summed E-state index contributed by atoms with van der Waals surface area (Å²) in [6.07, 6.45) is 4.80. The molecule has 0 saturated carbocycles. The van der Waals surface area contributed by atoms with Gasteiger partial charge in [0.05, 0.1) is 18.8 Å². The molecule has 0 fully saturated rings. The van der Waals surface area contributed by atoms with Crippen LogP contribution >= 0.6 is 11.3 Å². The van der Waals surface area contributed by atoms with Crippen LogP contribution in [0.15, 0.2) is 4.99 Å². The Kier molecular flexibility index (Phi) is 6.38. The van der Waals surface area contributed by atoms with Crippen LogP contribution in [0, 0.1) is 0 Å². The number of guanidine groups is 1. The van der Waals surface area contributed by atoms with Crippen LogP contribution in [-0.2, 0) is 24.2 Å². The van der Waals surface area contributed by atoms with Crippen molar-refractivity contribution in [3.63, 3.8) is 0 Å². The SMILES string of the molecule is CN=C(NCC(=O)NC(C)C)N(C)Cc1nc2c(s1)CCCC2. The maximum atomic E-state index is 11.7. The van der Waals surface area contributed by atoms with Gasteiger partial charge in [-0.3, -0.25) is 9.79 Å². The van der Waals surface area contributed by atoms with E-state index >= 15 is 0 Å². The van der Waals surface area contributed by atoms with Crippen molar-refractivity contribution in [1.29, 1.82) is 0 Å². The highest BCUT2D eigenvalue weighted by Gasteiger charge is 2.17. The highest BCUT2D eigenvalue weighted by molar-refractivity contribution is 7.11. The van der Waals surface area contributed by atoms with Crippen LogP contribution < -0.4 is 10.6 Å². The molecular weight excluding hydrogens is 310 g/mol. The van der Waals surface area contributed by atoms with Crippen LogP contribution in [0.2, 0.25) is 0 Å². The molecule has 0 bridgehead atoms. The highest BCUT2D eigenvalue weighted by atomic mass is 32.1. The monoisotopic (exact) mass is 337 g/mol. The highest BCUT2D eigenvalue weighted by Crippen LogP contribution is 2.27. The van der Waals surface area contributed by atoms with E-state index in [1.165, 1.54) is 29.8 Å². The van der Waals surface area contributed by atoms with Gasteiger partial charge in [0.2, 0.25) is 5.91 Å². The Morgan fingerprint density at radius 1 is 1.39 bits per heavy atom. The summed E-state index contributed by atoms with van der Waals surface area (Å²) in [7, 11) is 3.70. The summed E-state index contributed by atoms with van der Waals surface area (Å²) in [5, 5.41) is 7.08. The number of aryl methyl sites for hydroxylation is 2. The first-order chi connectivity index (χ1) is 11.0. The zero-order valence-corrected chi connectivity index (χ0v) is 15.3. The van der Waals surface area contributed by atoms with Crippen molar-refractivity contribution in [3.8, 4) is 0 Å². The number of aromatic nitrogens is 1. The maximum absolute atomic E-state index is 11.7. The third-order valence-electron chi connectivity index (χ3n) is 3.69. The molecule has 128 valence electrons. The van der Waals surface area contributed by atoms with E-state index in [4.69, 9.17) is 4.98 Å². The Hall–Kier alpha value is -1.63. The number of nitrogens with one attached hydrogen (secondary N) is 2. The molecule has 1 aromatic heterocycles. The molecule has 1 amide bonds. The van der Waals surface area contributed by atoms with Crippen molar-refractivity contribution in [2.24, 2.45) is 4.99 Å². The largest absolute Gasteiger partial charge is 0.352 e. The maximum Gasteiger partial charge on any atom is 0.239 e. The predicted molar refractivity (Wildman–Crippen MR) is 94.9 cm³/mol.